The molecule has 9 heteroatoms. The van der Waals surface area contributed by atoms with Crippen molar-refractivity contribution in [1.29, 1.82) is 0 Å². The number of amides is 1. The minimum Gasteiger partial charge on any atom is -0.352 e. The van der Waals surface area contributed by atoms with E-state index in [4.69, 9.17) is 0 Å². The second-order valence-corrected chi connectivity index (χ2v) is 9.65. The van der Waals surface area contributed by atoms with Gasteiger partial charge in [-0.3, -0.25) is 9.59 Å². The third kappa shape index (κ3) is 4.31. The molecule has 0 saturated carbocycles. The van der Waals surface area contributed by atoms with Gasteiger partial charge in [0.1, 0.15) is 9.77 Å². The van der Waals surface area contributed by atoms with Crippen molar-refractivity contribution in [3.63, 3.8) is 0 Å². The quantitative estimate of drug-likeness (QED) is 0.788. The molecule has 146 valence electrons. The summed E-state index contributed by atoms with van der Waals surface area (Å²) in [4.78, 5) is 24.3. The molecule has 27 heavy (non-hydrogen) atoms. The van der Waals surface area contributed by atoms with E-state index in [-0.39, 0.29) is 17.2 Å². The molecule has 1 aliphatic heterocycles. The summed E-state index contributed by atoms with van der Waals surface area (Å²) in [5, 5.41) is 4.51. The summed E-state index contributed by atoms with van der Waals surface area (Å²) in [5.41, 5.74) is -0.263. The summed E-state index contributed by atoms with van der Waals surface area (Å²) in [7, 11) is -1.91. The number of nitrogens with zero attached hydrogens (tertiary/aromatic N) is 2. The highest BCUT2D eigenvalue weighted by molar-refractivity contribution is 7.91. The van der Waals surface area contributed by atoms with Crippen molar-refractivity contribution in [2.45, 2.75) is 35.9 Å². The van der Waals surface area contributed by atoms with Crippen LogP contribution in [0, 0.1) is 0 Å². The maximum Gasteiger partial charge on any atom is 0.263 e. The van der Waals surface area contributed by atoms with Gasteiger partial charge in [0.15, 0.2) is 0 Å². The number of carbonyl (C=O) groups excluding carboxylic acids is 1. The van der Waals surface area contributed by atoms with Crippen LogP contribution in [0.2, 0.25) is 0 Å². The Hall–Kier alpha value is -1.97. The molecule has 1 fully saturated rings. The van der Waals surface area contributed by atoms with Gasteiger partial charge in [0, 0.05) is 32.4 Å². The molecule has 2 aromatic heterocycles. The molecule has 1 saturated heterocycles. The Bertz CT molecular complexity index is 951. The average Bonchev–Trinajstić information content (AvgIpc) is 3.20. The summed E-state index contributed by atoms with van der Waals surface area (Å²) in [6.07, 6.45) is 4.69. The van der Waals surface area contributed by atoms with Crippen molar-refractivity contribution in [1.82, 2.24) is 14.2 Å². The van der Waals surface area contributed by atoms with Crippen LogP contribution in [0.25, 0.3) is 0 Å². The van der Waals surface area contributed by atoms with E-state index in [2.05, 4.69) is 5.32 Å². The monoisotopic (exact) mass is 409 g/mol. The molecule has 3 rings (SSSR count). The van der Waals surface area contributed by atoms with E-state index in [0.717, 1.165) is 19.3 Å². The molecule has 1 amide bonds. The predicted molar refractivity (Wildman–Crippen MR) is 104 cm³/mol. The third-order valence-corrected chi connectivity index (χ3v) is 8.09. The zero-order valence-electron chi connectivity index (χ0n) is 15.1. The van der Waals surface area contributed by atoms with Crippen LogP contribution in [-0.4, -0.2) is 42.3 Å². The highest BCUT2D eigenvalue weighted by atomic mass is 32.2. The standard InChI is InChI=1S/C18H23N3O4S2/c1-20-11-4-7-15(18(20)23)17(22)19-10-9-14-6-2-3-12-21(14)27(24,25)16-8-5-13-26-16/h4-5,7-8,11,13-14H,2-3,6,9-10,12H2,1H3,(H,19,22)/t14-/m1/s1. The summed E-state index contributed by atoms with van der Waals surface area (Å²) in [6, 6.07) is 6.35. The van der Waals surface area contributed by atoms with E-state index in [9.17, 15) is 18.0 Å². The molecule has 0 bridgehead atoms. The van der Waals surface area contributed by atoms with Crippen LogP contribution in [0.4, 0.5) is 0 Å². The average molecular weight is 410 g/mol. The fourth-order valence-corrected chi connectivity index (χ4v) is 6.17. The summed E-state index contributed by atoms with van der Waals surface area (Å²) >= 11 is 1.22. The van der Waals surface area contributed by atoms with E-state index in [1.165, 1.54) is 22.0 Å². The van der Waals surface area contributed by atoms with Crippen molar-refractivity contribution in [3.8, 4) is 0 Å². The number of aromatic nitrogens is 1. The van der Waals surface area contributed by atoms with Crippen molar-refractivity contribution >= 4 is 27.3 Å². The molecule has 0 aliphatic carbocycles. The van der Waals surface area contributed by atoms with E-state index < -0.39 is 15.9 Å². The van der Waals surface area contributed by atoms with Gasteiger partial charge in [0.25, 0.3) is 21.5 Å². The van der Waals surface area contributed by atoms with Gasteiger partial charge in [-0.2, -0.15) is 4.31 Å². The van der Waals surface area contributed by atoms with Crippen LogP contribution in [0.5, 0.6) is 0 Å². The molecule has 0 radical (unpaired) electrons. The Labute approximate surface area is 162 Å². The van der Waals surface area contributed by atoms with Crippen LogP contribution in [-0.2, 0) is 17.1 Å². The predicted octanol–water partition coefficient (Wildman–Crippen LogP) is 1.81. The van der Waals surface area contributed by atoms with Gasteiger partial charge in [-0.15, -0.1) is 11.3 Å². The van der Waals surface area contributed by atoms with Crippen LogP contribution >= 0.6 is 11.3 Å². The van der Waals surface area contributed by atoms with Gasteiger partial charge >= 0.3 is 0 Å². The number of sulfonamides is 1. The largest absolute Gasteiger partial charge is 0.352 e. The summed E-state index contributed by atoms with van der Waals surface area (Å²) in [5.74, 6) is -0.431. The molecular weight excluding hydrogens is 386 g/mol. The van der Waals surface area contributed by atoms with Gasteiger partial charge in [-0.05, 0) is 42.8 Å². The third-order valence-electron chi connectivity index (χ3n) is 4.76. The first kappa shape index (κ1) is 19.8. The SMILES string of the molecule is Cn1cccc(C(=O)NCC[C@H]2CCCCN2S(=O)(=O)c2cccs2)c1=O. The van der Waals surface area contributed by atoms with E-state index in [0.29, 0.717) is 23.7 Å². The fourth-order valence-electron chi connectivity index (χ4n) is 3.32. The van der Waals surface area contributed by atoms with Crippen LogP contribution in [0.1, 0.15) is 36.0 Å². The molecule has 0 aromatic carbocycles. The van der Waals surface area contributed by atoms with Crippen molar-refractivity contribution in [2.75, 3.05) is 13.1 Å². The highest BCUT2D eigenvalue weighted by Gasteiger charge is 2.33. The molecule has 3 heterocycles. The first-order chi connectivity index (χ1) is 12.9. The lowest BCUT2D eigenvalue weighted by Crippen LogP contribution is -2.45. The Kier molecular flexibility index (Phi) is 6.13. The Morgan fingerprint density at radius 2 is 2.11 bits per heavy atom. The van der Waals surface area contributed by atoms with Crippen molar-refractivity contribution in [3.05, 3.63) is 51.8 Å². The van der Waals surface area contributed by atoms with Crippen LogP contribution < -0.4 is 10.9 Å². The van der Waals surface area contributed by atoms with Crippen molar-refractivity contribution in [2.24, 2.45) is 7.05 Å². The molecule has 0 spiro atoms. The fraction of sp³-hybridized carbons (Fsp3) is 0.444. The maximum absolute atomic E-state index is 12.9. The van der Waals surface area contributed by atoms with E-state index in [1.54, 1.807) is 41.1 Å². The van der Waals surface area contributed by atoms with Crippen LogP contribution in [0.3, 0.4) is 0 Å². The van der Waals surface area contributed by atoms with Gasteiger partial charge in [-0.25, -0.2) is 8.42 Å². The number of thiophene rings is 1. The minimum absolute atomic E-state index is 0.0895. The summed E-state index contributed by atoms with van der Waals surface area (Å²) < 4.78 is 29.0. The van der Waals surface area contributed by atoms with Gasteiger partial charge < -0.3 is 9.88 Å². The topological polar surface area (TPSA) is 88.5 Å². The zero-order chi connectivity index (χ0) is 19.4. The lowest BCUT2D eigenvalue weighted by molar-refractivity contribution is 0.0947. The smallest absolute Gasteiger partial charge is 0.263 e. The zero-order valence-corrected chi connectivity index (χ0v) is 16.8. The lowest BCUT2D eigenvalue weighted by atomic mass is 10.0. The second kappa shape index (κ2) is 8.37. The second-order valence-electron chi connectivity index (χ2n) is 6.58. The number of piperidine rings is 1. The molecule has 0 unspecified atom stereocenters. The van der Waals surface area contributed by atoms with E-state index >= 15 is 0 Å². The number of carbonyl (C=O) groups is 1. The van der Waals surface area contributed by atoms with E-state index in [1.807, 2.05) is 0 Å². The van der Waals surface area contributed by atoms with Gasteiger partial charge in [0.2, 0.25) is 0 Å². The number of rotatable bonds is 6. The highest BCUT2D eigenvalue weighted by Crippen LogP contribution is 2.29. The van der Waals surface area contributed by atoms with Gasteiger partial charge in [-0.1, -0.05) is 12.5 Å². The molecule has 2 aromatic rings. The first-order valence-electron chi connectivity index (χ1n) is 8.90. The molecular formula is C18H23N3O4S2. The Morgan fingerprint density at radius 3 is 2.85 bits per heavy atom. The summed E-state index contributed by atoms with van der Waals surface area (Å²) in [6.45, 7) is 0.816. The maximum atomic E-state index is 12.9. The molecule has 1 aliphatic rings. The lowest BCUT2D eigenvalue weighted by Gasteiger charge is -2.34. The molecule has 7 nitrogen and oxygen atoms in total. The number of nitrogens with one attached hydrogen (secondary N) is 1. The van der Waals surface area contributed by atoms with Crippen LogP contribution in [0.15, 0.2) is 44.8 Å². The van der Waals surface area contributed by atoms with Gasteiger partial charge in [0.05, 0.1) is 0 Å². The first-order valence-corrected chi connectivity index (χ1v) is 11.2. The minimum atomic E-state index is -3.50. The number of pyridine rings is 1. The molecule has 1 atom stereocenters. The number of hydrogen-bond acceptors (Lipinski definition) is 5. The normalized spacial score (nSPS) is 18.3. The Balaban J connectivity index is 1.65. The number of aryl methyl sites for hydroxylation is 1. The molecule has 1 N–H and O–H groups in total. The van der Waals surface area contributed by atoms with Crippen molar-refractivity contribution < 1.29 is 13.2 Å². The Morgan fingerprint density at radius 1 is 1.30 bits per heavy atom. The number of hydrogen-bond donors (Lipinski definition) is 1.